The van der Waals surface area contributed by atoms with Crippen molar-refractivity contribution >= 4 is 17.7 Å². The average molecular weight is 322 g/mol. The molecule has 2 rings (SSSR count). The smallest absolute Gasteiger partial charge is 0.408 e. The van der Waals surface area contributed by atoms with Gasteiger partial charge >= 0.3 is 6.09 Å². The molecule has 0 bridgehead atoms. The van der Waals surface area contributed by atoms with Crippen LogP contribution in [0.5, 0.6) is 11.5 Å². The van der Waals surface area contributed by atoms with Crippen LogP contribution in [0.4, 0.5) is 10.5 Å². The van der Waals surface area contributed by atoms with E-state index >= 15 is 0 Å². The van der Waals surface area contributed by atoms with Crippen molar-refractivity contribution in [2.24, 2.45) is 0 Å². The molecule has 0 aromatic heterocycles. The van der Waals surface area contributed by atoms with Crippen LogP contribution < -0.4 is 19.7 Å². The van der Waals surface area contributed by atoms with Gasteiger partial charge in [0.05, 0.1) is 12.8 Å². The summed E-state index contributed by atoms with van der Waals surface area (Å²) in [6.07, 6.45) is -1.67. The van der Waals surface area contributed by atoms with E-state index in [0.29, 0.717) is 17.2 Å². The SMILES string of the molecule is COc1ccc2c(c1)N(C)C(=O)[C@@H](OC(=O)NC(C)(C)C)CO2. The predicted octanol–water partition coefficient (Wildman–Crippen LogP) is 1.94. The molecular formula is C16H22N2O5. The zero-order valence-corrected chi connectivity index (χ0v) is 14.0. The minimum Gasteiger partial charge on any atom is -0.497 e. The molecule has 1 aromatic rings. The molecule has 1 heterocycles. The summed E-state index contributed by atoms with van der Waals surface area (Å²) in [6, 6.07) is 5.16. The van der Waals surface area contributed by atoms with E-state index in [2.05, 4.69) is 5.32 Å². The number of rotatable bonds is 2. The number of nitrogens with zero attached hydrogens (tertiary/aromatic N) is 1. The molecule has 1 N–H and O–H groups in total. The van der Waals surface area contributed by atoms with Crippen molar-refractivity contribution < 1.29 is 23.8 Å². The molecule has 7 heteroatoms. The number of carbonyl (C=O) groups excluding carboxylic acids is 2. The minimum absolute atomic E-state index is 0.0416. The minimum atomic E-state index is -1.01. The third kappa shape index (κ3) is 4.06. The van der Waals surface area contributed by atoms with Gasteiger partial charge in [-0.3, -0.25) is 4.79 Å². The van der Waals surface area contributed by atoms with Gasteiger partial charge in [0.25, 0.3) is 5.91 Å². The first-order chi connectivity index (χ1) is 10.7. The summed E-state index contributed by atoms with van der Waals surface area (Å²) in [7, 11) is 3.15. The Morgan fingerprint density at radius 2 is 2.09 bits per heavy atom. The van der Waals surface area contributed by atoms with Crippen molar-refractivity contribution in [3.05, 3.63) is 18.2 Å². The van der Waals surface area contributed by atoms with Crippen LogP contribution in [0.3, 0.4) is 0 Å². The summed E-state index contributed by atoms with van der Waals surface area (Å²) in [5.74, 6) is 0.780. The summed E-state index contributed by atoms with van der Waals surface area (Å²) in [5, 5.41) is 2.65. The van der Waals surface area contributed by atoms with Crippen LogP contribution >= 0.6 is 0 Å². The molecular weight excluding hydrogens is 300 g/mol. The zero-order chi connectivity index (χ0) is 17.2. The molecule has 126 valence electrons. The van der Waals surface area contributed by atoms with Crippen molar-refractivity contribution in [2.75, 3.05) is 25.7 Å². The lowest BCUT2D eigenvalue weighted by Crippen LogP contribution is -2.46. The topological polar surface area (TPSA) is 77.1 Å². The van der Waals surface area contributed by atoms with E-state index in [1.807, 2.05) is 20.8 Å². The van der Waals surface area contributed by atoms with Crippen molar-refractivity contribution in [2.45, 2.75) is 32.4 Å². The quantitative estimate of drug-likeness (QED) is 0.900. The molecule has 0 spiro atoms. The van der Waals surface area contributed by atoms with Gasteiger partial charge in [-0.05, 0) is 32.9 Å². The Kier molecular flexibility index (Phi) is 4.68. The van der Waals surface area contributed by atoms with Crippen LogP contribution in [0.15, 0.2) is 18.2 Å². The number of benzene rings is 1. The Hall–Kier alpha value is -2.44. The molecule has 0 aliphatic carbocycles. The zero-order valence-electron chi connectivity index (χ0n) is 14.0. The first kappa shape index (κ1) is 16.9. The Morgan fingerprint density at radius 3 is 2.70 bits per heavy atom. The van der Waals surface area contributed by atoms with Crippen LogP contribution in [-0.2, 0) is 9.53 Å². The summed E-state index contributed by atoms with van der Waals surface area (Å²) in [4.78, 5) is 25.8. The lowest BCUT2D eigenvalue weighted by atomic mass is 10.1. The van der Waals surface area contributed by atoms with Gasteiger partial charge in [0.15, 0.2) is 0 Å². The number of likely N-dealkylation sites (N-methyl/N-ethyl adjacent to an activating group) is 1. The largest absolute Gasteiger partial charge is 0.497 e. The van der Waals surface area contributed by atoms with E-state index in [-0.39, 0.29) is 12.5 Å². The van der Waals surface area contributed by atoms with Crippen molar-refractivity contribution in [1.82, 2.24) is 5.32 Å². The van der Waals surface area contributed by atoms with E-state index in [1.165, 1.54) is 4.90 Å². The fourth-order valence-electron chi connectivity index (χ4n) is 2.13. The van der Waals surface area contributed by atoms with Gasteiger partial charge in [-0.2, -0.15) is 0 Å². The van der Waals surface area contributed by atoms with Crippen LogP contribution in [0.25, 0.3) is 0 Å². The second-order valence-electron chi connectivity index (χ2n) is 6.31. The predicted molar refractivity (Wildman–Crippen MR) is 85.1 cm³/mol. The van der Waals surface area contributed by atoms with Crippen LogP contribution in [0.2, 0.25) is 0 Å². The van der Waals surface area contributed by atoms with Crippen LogP contribution in [0.1, 0.15) is 20.8 Å². The second-order valence-corrected chi connectivity index (χ2v) is 6.31. The van der Waals surface area contributed by atoms with E-state index in [9.17, 15) is 9.59 Å². The van der Waals surface area contributed by atoms with E-state index in [1.54, 1.807) is 32.4 Å². The Balaban J connectivity index is 2.16. The number of carbonyl (C=O) groups is 2. The molecule has 1 atom stereocenters. The molecule has 0 saturated heterocycles. The molecule has 7 nitrogen and oxygen atoms in total. The highest BCUT2D eigenvalue weighted by molar-refractivity contribution is 5.99. The maximum absolute atomic E-state index is 12.5. The molecule has 0 saturated carbocycles. The number of nitrogens with one attached hydrogen (secondary N) is 1. The average Bonchev–Trinajstić information content (AvgIpc) is 2.57. The lowest BCUT2D eigenvalue weighted by molar-refractivity contribution is -0.127. The van der Waals surface area contributed by atoms with Crippen molar-refractivity contribution in [1.29, 1.82) is 0 Å². The molecule has 2 amide bonds. The Morgan fingerprint density at radius 1 is 1.39 bits per heavy atom. The monoisotopic (exact) mass is 322 g/mol. The first-order valence-electron chi connectivity index (χ1n) is 7.28. The summed E-state index contributed by atoms with van der Waals surface area (Å²) in [6.45, 7) is 5.44. The highest BCUT2D eigenvalue weighted by Crippen LogP contribution is 2.34. The number of anilines is 1. The number of alkyl carbamates (subject to hydrolysis) is 1. The number of hydrogen-bond acceptors (Lipinski definition) is 5. The van der Waals surface area contributed by atoms with Gasteiger partial charge in [-0.1, -0.05) is 0 Å². The number of amides is 2. The third-order valence-electron chi connectivity index (χ3n) is 3.25. The Bertz CT molecular complexity index is 609. The fraction of sp³-hybridized carbons (Fsp3) is 0.500. The molecule has 1 aromatic carbocycles. The lowest BCUT2D eigenvalue weighted by Gasteiger charge is -2.23. The van der Waals surface area contributed by atoms with Gasteiger partial charge in [-0.15, -0.1) is 0 Å². The van der Waals surface area contributed by atoms with Gasteiger partial charge in [0.1, 0.15) is 18.1 Å². The molecule has 0 radical (unpaired) electrons. The fourth-order valence-corrected chi connectivity index (χ4v) is 2.13. The molecule has 23 heavy (non-hydrogen) atoms. The number of methoxy groups -OCH3 is 1. The highest BCUT2D eigenvalue weighted by atomic mass is 16.6. The maximum Gasteiger partial charge on any atom is 0.408 e. The summed E-state index contributed by atoms with van der Waals surface area (Å²) in [5.41, 5.74) is 0.116. The van der Waals surface area contributed by atoms with E-state index in [0.717, 1.165) is 0 Å². The molecule has 0 unspecified atom stereocenters. The normalized spacial score (nSPS) is 17.7. The summed E-state index contributed by atoms with van der Waals surface area (Å²) < 4.78 is 16.0. The van der Waals surface area contributed by atoms with Crippen molar-refractivity contribution in [3.63, 3.8) is 0 Å². The number of ether oxygens (including phenoxy) is 3. The maximum atomic E-state index is 12.5. The summed E-state index contributed by atoms with van der Waals surface area (Å²) >= 11 is 0. The van der Waals surface area contributed by atoms with Gasteiger partial charge in [0.2, 0.25) is 6.10 Å². The third-order valence-corrected chi connectivity index (χ3v) is 3.25. The highest BCUT2D eigenvalue weighted by Gasteiger charge is 2.33. The van der Waals surface area contributed by atoms with Gasteiger partial charge in [0, 0.05) is 18.7 Å². The van der Waals surface area contributed by atoms with E-state index in [4.69, 9.17) is 14.2 Å². The van der Waals surface area contributed by atoms with Gasteiger partial charge < -0.3 is 24.4 Å². The van der Waals surface area contributed by atoms with Crippen LogP contribution in [0, 0.1) is 0 Å². The second kappa shape index (κ2) is 6.36. The van der Waals surface area contributed by atoms with Crippen molar-refractivity contribution in [3.8, 4) is 11.5 Å². The molecule has 0 fully saturated rings. The first-order valence-corrected chi connectivity index (χ1v) is 7.28. The van der Waals surface area contributed by atoms with E-state index < -0.39 is 17.7 Å². The molecule has 1 aliphatic heterocycles. The van der Waals surface area contributed by atoms with Crippen LogP contribution in [-0.4, -0.2) is 44.4 Å². The standard InChI is InChI=1S/C16H22N2O5/c1-16(2,3)17-15(20)23-13-9-22-12-7-6-10(21-5)8-11(12)18(4)14(13)19/h6-8,13H,9H2,1-5H3,(H,17,20)/t13-/m0/s1. The number of fused-ring (bicyclic) bond motifs is 1. The number of hydrogen-bond donors (Lipinski definition) is 1. The molecule has 1 aliphatic rings. The Labute approximate surface area is 135 Å². The van der Waals surface area contributed by atoms with Gasteiger partial charge in [-0.25, -0.2) is 4.79 Å².